The number of β-amino-alcohol motifs (C(OH)–C–C–N with tert-alkyl or cyclic N) is 1. The smallest absolute Gasteiger partial charge is 0.163 e. The van der Waals surface area contributed by atoms with Crippen LogP contribution < -0.4 is 10.5 Å². The normalized spacial score (nSPS) is 18.0. The molecule has 0 amide bonds. The van der Waals surface area contributed by atoms with Crippen molar-refractivity contribution < 1.29 is 14.2 Å². The van der Waals surface area contributed by atoms with E-state index in [1.165, 1.54) is 12.4 Å². The minimum atomic E-state index is -0.384. The molecule has 1 aromatic carbocycles. The number of rotatable bonds is 7. The van der Waals surface area contributed by atoms with E-state index in [9.17, 15) is 9.50 Å². The van der Waals surface area contributed by atoms with Gasteiger partial charge in [-0.2, -0.15) is 5.10 Å². The van der Waals surface area contributed by atoms with Crippen molar-refractivity contribution in [2.45, 2.75) is 51.9 Å². The number of nitrogens with two attached hydrogens (primary N) is 1. The lowest BCUT2D eigenvalue weighted by Gasteiger charge is -2.40. The lowest BCUT2D eigenvalue weighted by atomic mass is 9.90. The lowest BCUT2D eigenvalue weighted by Crippen LogP contribution is -2.48. The Labute approximate surface area is 180 Å². The van der Waals surface area contributed by atoms with Crippen molar-refractivity contribution in [1.29, 1.82) is 0 Å². The highest BCUT2D eigenvalue weighted by molar-refractivity contribution is 5.87. The van der Waals surface area contributed by atoms with Gasteiger partial charge in [0.25, 0.3) is 0 Å². The van der Waals surface area contributed by atoms with E-state index in [0.29, 0.717) is 29.3 Å². The fourth-order valence-electron chi connectivity index (χ4n) is 4.16. The highest BCUT2D eigenvalue weighted by Crippen LogP contribution is 2.32. The number of aliphatic hydroxyl groups is 1. The highest BCUT2D eigenvalue weighted by Gasteiger charge is 2.31. The molecule has 3 heterocycles. The number of ether oxygens (including phenoxy) is 1. The summed E-state index contributed by atoms with van der Waals surface area (Å²) in [4.78, 5) is 10.5. The van der Waals surface area contributed by atoms with Crippen molar-refractivity contribution in [3.05, 3.63) is 41.6 Å². The number of nitrogen functional groups attached to an aromatic ring is 1. The number of benzene rings is 1. The molecule has 31 heavy (non-hydrogen) atoms. The van der Waals surface area contributed by atoms with Crippen LogP contribution in [0, 0.1) is 12.7 Å². The molecule has 1 aliphatic rings. The standard InChI is InChI=1S/C22H29FN6O2/c1-12(30)8-28-9-16(10-28)18-7-17(5-6-19(18)23)31-15(4)14(3)29-22-20(13(2)27-29)21(24)25-11-26-22/h5-7,11-12,14-16,30H,8-10H2,1-4H3,(H2,24,25,26)/t12-,14?,15?/m0/s1. The van der Waals surface area contributed by atoms with Gasteiger partial charge in [0.05, 0.1) is 23.2 Å². The first-order valence-corrected chi connectivity index (χ1v) is 10.6. The van der Waals surface area contributed by atoms with Gasteiger partial charge in [-0.05, 0) is 51.5 Å². The number of hydrogen-bond donors (Lipinski definition) is 2. The van der Waals surface area contributed by atoms with Crippen molar-refractivity contribution in [3.63, 3.8) is 0 Å². The molecule has 0 aliphatic carbocycles. The average molecular weight is 429 g/mol. The second-order valence-electron chi connectivity index (χ2n) is 8.50. The highest BCUT2D eigenvalue weighted by atomic mass is 19.1. The fraction of sp³-hybridized carbons (Fsp3) is 0.500. The van der Waals surface area contributed by atoms with Crippen LogP contribution in [0.3, 0.4) is 0 Å². The van der Waals surface area contributed by atoms with Gasteiger partial charge in [-0.15, -0.1) is 0 Å². The van der Waals surface area contributed by atoms with E-state index < -0.39 is 0 Å². The van der Waals surface area contributed by atoms with Crippen LogP contribution in [0.1, 0.15) is 44.0 Å². The van der Waals surface area contributed by atoms with Crippen molar-refractivity contribution in [2.24, 2.45) is 0 Å². The number of hydrogen-bond acceptors (Lipinski definition) is 7. The Bertz CT molecular complexity index is 1080. The molecule has 0 bridgehead atoms. The van der Waals surface area contributed by atoms with Gasteiger partial charge in [-0.3, -0.25) is 4.90 Å². The summed E-state index contributed by atoms with van der Waals surface area (Å²) < 4.78 is 22.4. The summed E-state index contributed by atoms with van der Waals surface area (Å²) in [5.74, 6) is 0.901. The second-order valence-corrected chi connectivity index (χ2v) is 8.50. The van der Waals surface area contributed by atoms with Crippen LogP contribution in [0.4, 0.5) is 10.2 Å². The summed E-state index contributed by atoms with van der Waals surface area (Å²) in [6.45, 7) is 9.66. The molecule has 3 N–H and O–H groups in total. The number of likely N-dealkylation sites (tertiary alicyclic amines) is 1. The van der Waals surface area contributed by atoms with Crippen LogP contribution in [-0.4, -0.2) is 61.6 Å². The van der Waals surface area contributed by atoms with E-state index in [2.05, 4.69) is 20.0 Å². The van der Waals surface area contributed by atoms with Crippen LogP contribution in [-0.2, 0) is 0 Å². The van der Waals surface area contributed by atoms with Crippen LogP contribution in [0.5, 0.6) is 5.75 Å². The van der Waals surface area contributed by atoms with Crippen LogP contribution in [0.2, 0.25) is 0 Å². The molecular weight excluding hydrogens is 399 g/mol. The summed E-state index contributed by atoms with van der Waals surface area (Å²) in [5, 5.41) is 14.9. The summed E-state index contributed by atoms with van der Waals surface area (Å²) in [6.07, 6.45) is 0.801. The lowest BCUT2D eigenvalue weighted by molar-refractivity contribution is 0.0729. The van der Waals surface area contributed by atoms with Crippen molar-refractivity contribution in [1.82, 2.24) is 24.6 Å². The third-order valence-electron chi connectivity index (χ3n) is 5.97. The van der Waals surface area contributed by atoms with Gasteiger partial charge in [-0.25, -0.2) is 19.0 Å². The maximum atomic E-state index is 14.4. The van der Waals surface area contributed by atoms with Crippen LogP contribution in [0.15, 0.2) is 24.5 Å². The van der Waals surface area contributed by atoms with E-state index in [0.717, 1.165) is 24.2 Å². The number of aryl methyl sites for hydroxylation is 1. The number of fused-ring (bicyclic) bond motifs is 1. The van der Waals surface area contributed by atoms with Gasteiger partial charge in [0.2, 0.25) is 0 Å². The molecule has 1 saturated heterocycles. The number of halogens is 1. The molecule has 0 radical (unpaired) electrons. The van der Waals surface area contributed by atoms with E-state index in [1.807, 2.05) is 20.8 Å². The largest absolute Gasteiger partial charge is 0.488 e. The van der Waals surface area contributed by atoms with Gasteiger partial charge >= 0.3 is 0 Å². The minimum Gasteiger partial charge on any atom is -0.488 e. The topological polar surface area (TPSA) is 102 Å². The molecule has 0 saturated carbocycles. The molecule has 3 aromatic rings. The van der Waals surface area contributed by atoms with Gasteiger partial charge in [0, 0.05) is 25.6 Å². The Morgan fingerprint density at radius 1 is 1.26 bits per heavy atom. The SMILES string of the molecule is Cc1nn(C(C)C(C)Oc2ccc(F)c(C3CN(C[C@H](C)O)C3)c2)c2ncnc(N)c12. The van der Waals surface area contributed by atoms with Gasteiger partial charge in [0.1, 0.15) is 29.8 Å². The number of anilines is 1. The monoisotopic (exact) mass is 428 g/mol. The van der Waals surface area contributed by atoms with Crippen molar-refractivity contribution >= 4 is 16.9 Å². The molecule has 3 atom stereocenters. The predicted molar refractivity (Wildman–Crippen MR) is 117 cm³/mol. The van der Waals surface area contributed by atoms with Crippen molar-refractivity contribution in [3.8, 4) is 5.75 Å². The summed E-state index contributed by atoms with van der Waals surface area (Å²) in [6, 6.07) is 4.77. The first-order valence-electron chi connectivity index (χ1n) is 10.6. The maximum Gasteiger partial charge on any atom is 0.163 e. The Morgan fingerprint density at radius 2 is 2.00 bits per heavy atom. The molecule has 1 aliphatic heterocycles. The zero-order valence-electron chi connectivity index (χ0n) is 18.3. The fourth-order valence-corrected chi connectivity index (χ4v) is 4.16. The zero-order chi connectivity index (χ0) is 22.3. The number of aliphatic hydroxyl groups excluding tert-OH is 1. The molecule has 2 unspecified atom stereocenters. The minimum absolute atomic E-state index is 0.104. The number of nitrogens with zero attached hydrogens (tertiary/aromatic N) is 5. The maximum absolute atomic E-state index is 14.4. The molecule has 2 aromatic heterocycles. The molecular formula is C22H29FN6O2. The molecule has 9 heteroatoms. The Hall–Kier alpha value is -2.78. The molecule has 0 spiro atoms. The molecule has 8 nitrogen and oxygen atoms in total. The van der Waals surface area contributed by atoms with Gasteiger partial charge < -0.3 is 15.6 Å². The average Bonchev–Trinajstić information content (AvgIpc) is 3.03. The third kappa shape index (κ3) is 4.20. The van der Waals surface area contributed by atoms with E-state index >= 15 is 0 Å². The Balaban J connectivity index is 1.49. The van der Waals surface area contributed by atoms with Gasteiger partial charge in [-0.1, -0.05) is 0 Å². The predicted octanol–water partition coefficient (Wildman–Crippen LogP) is 2.66. The summed E-state index contributed by atoms with van der Waals surface area (Å²) in [5.41, 5.74) is 8.08. The summed E-state index contributed by atoms with van der Waals surface area (Å²) >= 11 is 0. The Kier molecular flexibility index (Phi) is 5.81. The van der Waals surface area contributed by atoms with E-state index in [1.54, 1.807) is 23.7 Å². The quantitative estimate of drug-likeness (QED) is 0.596. The third-order valence-corrected chi connectivity index (χ3v) is 5.97. The van der Waals surface area contributed by atoms with Crippen LogP contribution in [0.25, 0.3) is 11.0 Å². The first-order chi connectivity index (χ1) is 14.7. The molecule has 166 valence electrons. The van der Waals surface area contributed by atoms with E-state index in [-0.39, 0.29) is 30.0 Å². The summed E-state index contributed by atoms with van der Waals surface area (Å²) in [7, 11) is 0. The first kappa shape index (κ1) is 21.5. The Morgan fingerprint density at radius 3 is 2.71 bits per heavy atom. The zero-order valence-corrected chi connectivity index (χ0v) is 18.3. The van der Waals surface area contributed by atoms with Gasteiger partial charge in [0.15, 0.2) is 5.65 Å². The number of aromatic nitrogens is 4. The van der Waals surface area contributed by atoms with Crippen molar-refractivity contribution in [2.75, 3.05) is 25.4 Å². The van der Waals surface area contributed by atoms with E-state index in [4.69, 9.17) is 10.5 Å². The second kappa shape index (κ2) is 8.39. The van der Waals surface area contributed by atoms with Crippen LogP contribution >= 0.6 is 0 Å². The molecule has 4 rings (SSSR count). The molecule has 1 fully saturated rings.